The van der Waals surface area contributed by atoms with Gasteiger partial charge in [-0.3, -0.25) is 0 Å². The van der Waals surface area contributed by atoms with Crippen molar-refractivity contribution >= 4 is 33.8 Å². The first kappa shape index (κ1) is 13.0. The monoisotopic (exact) mass is 282 g/mol. The Bertz CT molecular complexity index is 508. The number of rotatable bonds is 5. The number of thiophene rings is 1. The minimum atomic E-state index is -0.400. The van der Waals surface area contributed by atoms with Crippen LogP contribution in [0.1, 0.15) is 34.8 Å². The molecule has 0 aliphatic carbocycles. The molecule has 18 heavy (non-hydrogen) atoms. The molecule has 0 fully saturated rings. The van der Waals surface area contributed by atoms with E-state index < -0.39 is 5.97 Å². The van der Waals surface area contributed by atoms with Gasteiger partial charge in [-0.1, -0.05) is 13.0 Å². The van der Waals surface area contributed by atoms with Gasteiger partial charge < -0.3 is 10.1 Å². The molecule has 0 bridgehead atoms. The third-order valence-corrected chi connectivity index (χ3v) is 4.25. The summed E-state index contributed by atoms with van der Waals surface area (Å²) in [6.45, 7) is 2.12. The van der Waals surface area contributed by atoms with Crippen LogP contribution in [0.2, 0.25) is 0 Å². The van der Waals surface area contributed by atoms with Crippen LogP contribution in [0.25, 0.3) is 0 Å². The topological polar surface area (TPSA) is 51.2 Å². The van der Waals surface area contributed by atoms with Crippen LogP contribution >= 0.6 is 22.7 Å². The lowest BCUT2D eigenvalue weighted by Crippen LogP contribution is -2.08. The van der Waals surface area contributed by atoms with Crippen LogP contribution in [0, 0.1) is 0 Å². The summed E-state index contributed by atoms with van der Waals surface area (Å²) in [5, 5.41) is 7.85. The second-order valence-electron chi connectivity index (χ2n) is 3.65. The Balaban J connectivity index is 2.08. The molecule has 1 atom stereocenters. The zero-order valence-electron chi connectivity index (χ0n) is 10.2. The number of hydrogen-bond acceptors (Lipinski definition) is 6. The summed E-state index contributed by atoms with van der Waals surface area (Å²) in [7, 11) is 1.36. The number of nitrogens with zero attached hydrogens (tertiary/aromatic N) is 1. The smallest absolute Gasteiger partial charge is 0.357 e. The Morgan fingerprint density at radius 2 is 2.39 bits per heavy atom. The quantitative estimate of drug-likeness (QED) is 0.852. The van der Waals surface area contributed by atoms with E-state index in [4.69, 9.17) is 0 Å². The largest absolute Gasteiger partial charge is 0.464 e. The first-order chi connectivity index (χ1) is 8.74. The number of thiazole rings is 1. The Labute approximate surface area is 114 Å². The minimum absolute atomic E-state index is 0.238. The van der Waals surface area contributed by atoms with Crippen molar-refractivity contribution < 1.29 is 9.53 Å². The first-order valence-electron chi connectivity index (χ1n) is 5.58. The second-order valence-corrected chi connectivity index (χ2v) is 5.49. The van der Waals surface area contributed by atoms with E-state index in [0.29, 0.717) is 5.69 Å². The fourth-order valence-electron chi connectivity index (χ4n) is 1.55. The molecule has 2 rings (SSSR count). The number of ether oxygens (including phenoxy) is 1. The number of carbonyl (C=O) groups is 1. The van der Waals surface area contributed by atoms with Crippen molar-refractivity contribution in [3.05, 3.63) is 33.5 Å². The Hall–Kier alpha value is -1.40. The second kappa shape index (κ2) is 5.97. The maximum absolute atomic E-state index is 11.3. The molecule has 2 aromatic rings. The van der Waals surface area contributed by atoms with E-state index in [9.17, 15) is 4.79 Å². The number of aromatic nitrogens is 1. The van der Waals surface area contributed by atoms with Crippen LogP contribution in [0.5, 0.6) is 0 Å². The summed E-state index contributed by atoms with van der Waals surface area (Å²) in [4.78, 5) is 16.8. The van der Waals surface area contributed by atoms with Gasteiger partial charge in [0.05, 0.1) is 13.2 Å². The molecule has 0 spiro atoms. The van der Waals surface area contributed by atoms with E-state index in [2.05, 4.69) is 33.4 Å². The van der Waals surface area contributed by atoms with Gasteiger partial charge in [0.1, 0.15) is 0 Å². The van der Waals surface area contributed by atoms with Crippen molar-refractivity contribution in [3.63, 3.8) is 0 Å². The molecule has 6 heteroatoms. The molecular weight excluding hydrogens is 268 g/mol. The van der Waals surface area contributed by atoms with E-state index in [1.165, 1.54) is 23.3 Å². The number of carbonyl (C=O) groups excluding carboxylic acids is 1. The summed E-state index contributed by atoms with van der Waals surface area (Å²) in [6, 6.07) is 4.37. The number of hydrogen-bond donors (Lipinski definition) is 1. The highest BCUT2D eigenvalue weighted by molar-refractivity contribution is 7.14. The van der Waals surface area contributed by atoms with Crippen LogP contribution in [0.3, 0.4) is 0 Å². The van der Waals surface area contributed by atoms with E-state index in [1.54, 1.807) is 16.7 Å². The third-order valence-electron chi connectivity index (χ3n) is 2.49. The van der Waals surface area contributed by atoms with Crippen LogP contribution < -0.4 is 5.32 Å². The van der Waals surface area contributed by atoms with Gasteiger partial charge in [-0.15, -0.1) is 22.7 Å². The molecule has 0 saturated heterocycles. The van der Waals surface area contributed by atoms with Gasteiger partial charge >= 0.3 is 5.97 Å². The van der Waals surface area contributed by atoms with Crippen molar-refractivity contribution in [1.29, 1.82) is 0 Å². The zero-order valence-corrected chi connectivity index (χ0v) is 11.8. The third kappa shape index (κ3) is 2.88. The van der Waals surface area contributed by atoms with Crippen LogP contribution in [-0.2, 0) is 4.74 Å². The number of methoxy groups -OCH3 is 1. The van der Waals surface area contributed by atoms with Gasteiger partial charge in [-0.2, -0.15) is 0 Å². The van der Waals surface area contributed by atoms with Crippen LogP contribution in [0.4, 0.5) is 5.13 Å². The molecule has 96 valence electrons. The average Bonchev–Trinajstić information content (AvgIpc) is 3.05. The zero-order chi connectivity index (χ0) is 13.0. The summed E-state index contributed by atoms with van der Waals surface area (Å²) in [5.41, 5.74) is 0.353. The highest BCUT2D eigenvalue weighted by atomic mass is 32.1. The molecule has 0 aliphatic heterocycles. The fraction of sp³-hybridized carbons (Fsp3) is 0.333. The van der Waals surface area contributed by atoms with Gasteiger partial charge in [-0.05, 0) is 17.9 Å². The van der Waals surface area contributed by atoms with Gasteiger partial charge in [0.25, 0.3) is 0 Å². The van der Waals surface area contributed by atoms with Crippen molar-refractivity contribution in [2.75, 3.05) is 12.4 Å². The van der Waals surface area contributed by atoms with Crippen molar-refractivity contribution in [2.24, 2.45) is 0 Å². The Morgan fingerprint density at radius 1 is 1.56 bits per heavy atom. The van der Waals surface area contributed by atoms with E-state index in [-0.39, 0.29) is 6.04 Å². The predicted molar refractivity (Wildman–Crippen MR) is 74.4 cm³/mol. The molecule has 4 nitrogen and oxygen atoms in total. The highest BCUT2D eigenvalue weighted by Crippen LogP contribution is 2.27. The van der Waals surface area contributed by atoms with Crippen LogP contribution in [0.15, 0.2) is 22.9 Å². The lowest BCUT2D eigenvalue weighted by atomic mass is 10.2. The Morgan fingerprint density at radius 3 is 3.00 bits per heavy atom. The molecule has 1 unspecified atom stereocenters. The van der Waals surface area contributed by atoms with Gasteiger partial charge in [-0.25, -0.2) is 9.78 Å². The van der Waals surface area contributed by atoms with Crippen LogP contribution in [-0.4, -0.2) is 18.1 Å². The molecule has 2 heterocycles. The normalized spacial score (nSPS) is 12.1. The number of esters is 1. The molecule has 0 aromatic carbocycles. The first-order valence-corrected chi connectivity index (χ1v) is 7.34. The predicted octanol–water partition coefficient (Wildman–Crippen LogP) is 3.55. The average molecular weight is 282 g/mol. The van der Waals surface area contributed by atoms with E-state index >= 15 is 0 Å². The molecule has 2 aromatic heterocycles. The van der Waals surface area contributed by atoms with Crippen molar-refractivity contribution in [1.82, 2.24) is 4.98 Å². The molecule has 0 aliphatic rings. The molecular formula is C12H14N2O2S2. The lowest BCUT2D eigenvalue weighted by molar-refractivity contribution is 0.0595. The van der Waals surface area contributed by atoms with E-state index in [0.717, 1.165) is 11.6 Å². The molecule has 0 saturated carbocycles. The van der Waals surface area contributed by atoms with Crippen molar-refractivity contribution in [2.45, 2.75) is 19.4 Å². The lowest BCUT2D eigenvalue weighted by Gasteiger charge is -2.14. The maximum Gasteiger partial charge on any atom is 0.357 e. The minimum Gasteiger partial charge on any atom is -0.464 e. The number of nitrogens with one attached hydrogen (secondary N) is 1. The standard InChI is InChI=1S/C12H14N2O2S2/c1-3-8(10-5-4-6-17-10)13-12-14-9(7-18-12)11(15)16-2/h4-8H,3H2,1-2H3,(H,13,14). The Kier molecular flexibility index (Phi) is 4.33. The highest BCUT2D eigenvalue weighted by Gasteiger charge is 2.14. The molecule has 0 radical (unpaired) electrons. The molecule has 0 amide bonds. The summed E-state index contributed by atoms with van der Waals surface area (Å²) in [6.07, 6.45) is 0.966. The summed E-state index contributed by atoms with van der Waals surface area (Å²) in [5.74, 6) is -0.400. The van der Waals surface area contributed by atoms with Gasteiger partial charge in [0.15, 0.2) is 10.8 Å². The van der Waals surface area contributed by atoms with Crippen molar-refractivity contribution in [3.8, 4) is 0 Å². The van der Waals surface area contributed by atoms with E-state index in [1.807, 2.05) is 6.07 Å². The number of anilines is 1. The maximum atomic E-state index is 11.3. The van der Waals surface area contributed by atoms with Gasteiger partial charge in [0.2, 0.25) is 0 Å². The summed E-state index contributed by atoms with van der Waals surface area (Å²) >= 11 is 3.13. The summed E-state index contributed by atoms with van der Waals surface area (Å²) < 4.78 is 4.63. The molecule has 1 N–H and O–H groups in total. The fourth-order valence-corrected chi connectivity index (χ4v) is 3.15. The van der Waals surface area contributed by atoms with Gasteiger partial charge in [0, 0.05) is 10.3 Å². The SMILES string of the molecule is CCC(Nc1nc(C(=O)OC)cs1)c1cccs1.